The van der Waals surface area contributed by atoms with Gasteiger partial charge in [-0.2, -0.15) is 0 Å². The number of hydrogen-bond donors (Lipinski definition) is 0. The molecule has 2 aliphatic rings. The van der Waals surface area contributed by atoms with Crippen molar-refractivity contribution >= 4 is 23.3 Å². The molecule has 0 N–H and O–H groups in total. The van der Waals surface area contributed by atoms with E-state index in [9.17, 15) is 4.79 Å². The van der Waals surface area contributed by atoms with Gasteiger partial charge in [0.05, 0.1) is 29.3 Å². The van der Waals surface area contributed by atoms with Crippen molar-refractivity contribution in [2.75, 3.05) is 19.1 Å². The second-order valence-electron chi connectivity index (χ2n) is 6.53. The quantitative estimate of drug-likeness (QED) is 0.836. The van der Waals surface area contributed by atoms with Crippen molar-refractivity contribution in [3.05, 3.63) is 35.5 Å². The number of amides is 1. The van der Waals surface area contributed by atoms with E-state index >= 15 is 0 Å². The average Bonchev–Trinajstić information content (AvgIpc) is 3.04. The number of fused-ring (bicyclic) bond motifs is 3. The topological polar surface area (TPSA) is 47.4 Å². The van der Waals surface area contributed by atoms with E-state index in [1.165, 1.54) is 0 Å². The van der Waals surface area contributed by atoms with Crippen LogP contribution in [0.15, 0.2) is 30.5 Å². The van der Waals surface area contributed by atoms with Gasteiger partial charge in [-0.15, -0.1) is 0 Å². The van der Waals surface area contributed by atoms with E-state index < -0.39 is 0 Å². The molecule has 5 nitrogen and oxygen atoms in total. The fourth-order valence-electron chi connectivity index (χ4n) is 4.03. The highest BCUT2D eigenvalue weighted by atomic mass is 35.5. The van der Waals surface area contributed by atoms with Gasteiger partial charge in [0.2, 0.25) is 5.91 Å². The van der Waals surface area contributed by atoms with Crippen LogP contribution in [-0.2, 0) is 9.53 Å². The highest BCUT2D eigenvalue weighted by Crippen LogP contribution is 2.45. The lowest BCUT2D eigenvalue weighted by atomic mass is 9.80. The third-order valence-corrected chi connectivity index (χ3v) is 5.65. The summed E-state index contributed by atoms with van der Waals surface area (Å²) in [6.07, 6.45) is 4.52. The number of anilines is 1. The first kappa shape index (κ1) is 15.7. The van der Waals surface area contributed by atoms with Gasteiger partial charge < -0.3 is 9.30 Å². The predicted molar refractivity (Wildman–Crippen MR) is 93.3 cm³/mol. The predicted octanol–water partition coefficient (Wildman–Crippen LogP) is 3.54. The summed E-state index contributed by atoms with van der Waals surface area (Å²) in [4.78, 5) is 19.1. The molecule has 1 fully saturated rings. The highest BCUT2D eigenvalue weighted by molar-refractivity contribution is 6.33. The first-order valence-corrected chi connectivity index (χ1v) is 8.62. The minimum Gasteiger partial charge on any atom is -0.381 e. The lowest BCUT2D eigenvalue weighted by Gasteiger charge is -2.42. The molecule has 1 aromatic carbocycles. The van der Waals surface area contributed by atoms with Gasteiger partial charge in [-0.05, 0) is 31.4 Å². The van der Waals surface area contributed by atoms with E-state index in [0.717, 1.165) is 36.5 Å². The molecule has 0 spiro atoms. The molecule has 1 aromatic heterocycles. The molecular weight excluding hydrogens is 326 g/mol. The van der Waals surface area contributed by atoms with Crippen molar-refractivity contribution in [3.63, 3.8) is 0 Å². The zero-order chi connectivity index (χ0) is 16.8. The molecule has 126 valence electrons. The normalized spacial score (nSPS) is 26.2. The molecule has 0 radical (unpaired) electrons. The lowest BCUT2D eigenvalue weighted by molar-refractivity contribution is -0.127. The van der Waals surface area contributed by atoms with Crippen molar-refractivity contribution < 1.29 is 9.53 Å². The summed E-state index contributed by atoms with van der Waals surface area (Å²) in [6, 6.07) is 7.77. The molecule has 1 aliphatic heterocycles. The Labute approximate surface area is 146 Å². The van der Waals surface area contributed by atoms with Gasteiger partial charge in [-0.3, -0.25) is 9.69 Å². The number of hydrogen-bond acceptors (Lipinski definition) is 3. The molecule has 1 saturated carbocycles. The van der Waals surface area contributed by atoms with Gasteiger partial charge in [0.25, 0.3) is 0 Å². The molecule has 6 heteroatoms. The molecule has 1 aliphatic carbocycles. The molecule has 2 aromatic rings. The Balaban J connectivity index is 1.87. The highest BCUT2D eigenvalue weighted by Gasteiger charge is 2.44. The van der Waals surface area contributed by atoms with Gasteiger partial charge in [0.1, 0.15) is 11.6 Å². The van der Waals surface area contributed by atoms with Gasteiger partial charge in [0.15, 0.2) is 0 Å². The number of benzene rings is 1. The number of imidazole rings is 1. The minimum absolute atomic E-state index is 0.0238. The summed E-state index contributed by atoms with van der Waals surface area (Å²) < 4.78 is 7.76. The average molecular weight is 346 g/mol. The minimum atomic E-state index is -0.0238. The van der Waals surface area contributed by atoms with Crippen molar-refractivity contribution in [2.45, 2.75) is 31.4 Å². The first-order chi connectivity index (χ1) is 11.6. The molecule has 0 saturated heterocycles. The Morgan fingerprint density at radius 3 is 2.83 bits per heavy atom. The van der Waals surface area contributed by atoms with Crippen molar-refractivity contribution in [3.8, 4) is 11.4 Å². The smallest absolute Gasteiger partial charge is 0.233 e. The fourth-order valence-corrected chi connectivity index (χ4v) is 4.25. The van der Waals surface area contributed by atoms with Crippen LogP contribution in [0.5, 0.6) is 0 Å². The molecule has 3 atom stereocenters. The van der Waals surface area contributed by atoms with Gasteiger partial charge >= 0.3 is 0 Å². The monoisotopic (exact) mass is 345 g/mol. The van der Waals surface area contributed by atoms with E-state index in [0.29, 0.717) is 5.02 Å². The van der Waals surface area contributed by atoms with Crippen LogP contribution in [0.4, 0.5) is 5.82 Å². The fraction of sp³-hybridized carbons (Fsp3) is 0.444. The summed E-state index contributed by atoms with van der Waals surface area (Å²) in [7, 11) is 3.57. The van der Waals surface area contributed by atoms with E-state index in [-0.39, 0.29) is 24.0 Å². The maximum absolute atomic E-state index is 12.7. The van der Waals surface area contributed by atoms with E-state index in [4.69, 9.17) is 16.3 Å². The summed E-state index contributed by atoms with van der Waals surface area (Å²) in [5, 5.41) is 0.668. The Kier molecular flexibility index (Phi) is 3.85. The van der Waals surface area contributed by atoms with Gasteiger partial charge in [-0.25, -0.2) is 4.98 Å². The maximum atomic E-state index is 12.7. The van der Waals surface area contributed by atoms with E-state index in [2.05, 4.69) is 9.55 Å². The van der Waals surface area contributed by atoms with Gasteiger partial charge in [0, 0.05) is 19.7 Å². The lowest BCUT2D eigenvalue weighted by Crippen LogP contribution is -2.47. The number of carbonyl (C=O) groups is 1. The molecule has 1 amide bonds. The van der Waals surface area contributed by atoms with Crippen molar-refractivity contribution in [2.24, 2.45) is 5.92 Å². The van der Waals surface area contributed by atoms with Crippen molar-refractivity contribution in [1.82, 2.24) is 9.55 Å². The van der Waals surface area contributed by atoms with E-state index in [1.54, 1.807) is 18.2 Å². The van der Waals surface area contributed by atoms with Crippen LogP contribution >= 0.6 is 11.6 Å². The molecule has 3 unspecified atom stereocenters. The van der Waals surface area contributed by atoms with Crippen LogP contribution in [0.25, 0.3) is 11.4 Å². The largest absolute Gasteiger partial charge is 0.381 e. The number of carbonyl (C=O) groups excluding carboxylic acids is 1. The SMILES string of the molecule is COC1CCC2C(=O)N(C)c3cnc(-c4ccccc4Cl)n3C2C1. The van der Waals surface area contributed by atoms with Crippen LogP contribution < -0.4 is 4.90 Å². The zero-order valence-corrected chi connectivity index (χ0v) is 14.5. The molecular formula is C18H20ClN3O2. The summed E-state index contributed by atoms with van der Waals surface area (Å²) in [6.45, 7) is 0. The second-order valence-corrected chi connectivity index (χ2v) is 6.94. The Bertz CT molecular complexity index is 788. The number of halogens is 1. The molecule has 2 heterocycles. The third kappa shape index (κ3) is 2.26. The second kappa shape index (κ2) is 5.90. The van der Waals surface area contributed by atoms with Crippen LogP contribution in [0.2, 0.25) is 5.02 Å². The molecule has 24 heavy (non-hydrogen) atoms. The zero-order valence-electron chi connectivity index (χ0n) is 13.8. The Morgan fingerprint density at radius 1 is 1.29 bits per heavy atom. The number of ether oxygens (including phenoxy) is 1. The number of rotatable bonds is 2. The summed E-state index contributed by atoms with van der Waals surface area (Å²) >= 11 is 6.40. The number of aromatic nitrogens is 2. The molecule has 0 bridgehead atoms. The summed E-state index contributed by atoms with van der Waals surface area (Å²) in [5.41, 5.74) is 0.895. The van der Waals surface area contributed by atoms with Crippen molar-refractivity contribution in [1.29, 1.82) is 0 Å². The van der Waals surface area contributed by atoms with Gasteiger partial charge in [-0.1, -0.05) is 23.7 Å². The Hall–Kier alpha value is -1.85. The maximum Gasteiger partial charge on any atom is 0.233 e. The van der Waals surface area contributed by atoms with E-state index in [1.807, 2.05) is 31.3 Å². The van der Waals surface area contributed by atoms with Crippen LogP contribution in [0.1, 0.15) is 25.3 Å². The van der Waals surface area contributed by atoms with Crippen LogP contribution in [0.3, 0.4) is 0 Å². The van der Waals surface area contributed by atoms with Crippen LogP contribution in [0, 0.1) is 5.92 Å². The standard InChI is InChI=1S/C18H20ClN3O2/c1-21-16-10-20-17(12-5-3-4-6-14(12)19)22(16)15-9-11(24-2)7-8-13(15)18(21)23/h3-6,10-11,13,15H,7-9H2,1-2H3. The summed E-state index contributed by atoms with van der Waals surface area (Å²) in [5.74, 6) is 1.80. The molecule has 4 rings (SSSR count). The number of methoxy groups -OCH3 is 1. The Morgan fingerprint density at radius 2 is 2.08 bits per heavy atom. The third-order valence-electron chi connectivity index (χ3n) is 5.32. The van der Waals surface area contributed by atoms with Crippen LogP contribution in [-0.4, -0.2) is 35.7 Å². The number of nitrogens with zero attached hydrogens (tertiary/aromatic N) is 3. The first-order valence-electron chi connectivity index (χ1n) is 8.24.